The first-order valence-corrected chi connectivity index (χ1v) is 12.1. The topological polar surface area (TPSA) is 69.2 Å². The molecule has 0 spiro atoms. The van der Waals surface area contributed by atoms with Crippen LogP contribution >= 0.6 is 11.8 Å². The number of hydrogen-bond donors (Lipinski definition) is 0. The van der Waals surface area contributed by atoms with Crippen LogP contribution in [-0.4, -0.2) is 46.1 Å². The average Bonchev–Trinajstić information content (AvgIpc) is 3.45. The zero-order valence-electron chi connectivity index (χ0n) is 19.1. The summed E-state index contributed by atoms with van der Waals surface area (Å²) in [5.74, 6) is 2.14. The second-order valence-electron chi connectivity index (χ2n) is 8.31. The average molecular weight is 462 g/mol. The van der Waals surface area contributed by atoms with Gasteiger partial charge in [0.25, 0.3) is 0 Å². The first kappa shape index (κ1) is 21.7. The minimum Gasteiger partial charge on any atom is -0.444 e. The Morgan fingerprint density at radius 1 is 0.970 bits per heavy atom. The van der Waals surface area contributed by atoms with E-state index in [-0.39, 0.29) is 0 Å². The molecule has 0 amide bonds. The molecule has 3 heterocycles. The second-order valence-corrected chi connectivity index (χ2v) is 9.25. The highest BCUT2D eigenvalue weighted by Gasteiger charge is 2.22. The van der Waals surface area contributed by atoms with Gasteiger partial charge in [-0.1, -0.05) is 41.6 Å². The number of ether oxygens (including phenoxy) is 1. The molecule has 0 atom stereocenters. The van der Waals surface area contributed by atoms with E-state index in [1.54, 1.807) is 18.0 Å². The minimum atomic E-state index is 0.640. The lowest BCUT2D eigenvalue weighted by atomic mass is 10.1. The Bertz CT molecular complexity index is 1260. The Labute approximate surface area is 197 Å². The number of aromatic nitrogens is 4. The van der Waals surface area contributed by atoms with E-state index in [1.165, 1.54) is 11.1 Å². The van der Waals surface area contributed by atoms with Crippen LogP contribution in [0, 0.1) is 20.8 Å². The third-order valence-electron chi connectivity index (χ3n) is 5.68. The Balaban J connectivity index is 1.41. The summed E-state index contributed by atoms with van der Waals surface area (Å²) in [6, 6.07) is 14.7. The van der Waals surface area contributed by atoms with Crippen molar-refractivity contribution in [3.63, 3.8) is 0 Å². The molecule has 1 saturated heterocycles. The zero-order valence-corrected chi connectivity index (χ0v) is 19.9. The van der Waals surface area contributed by atoms with Gasteiger partial charge in [0.05, 0.1) is 24.6 Å². The maximum Gasteiger partial charge on any atom is 0.232 e. The number of rotatable bonds is 6. The van der Waals surface area contributed by atoms with Crippen molar-refractivity contribution in [3.05, 3.63) is 71.1 Å². The van der Waals surface area contributed by atoms with Crippen molar-refractivity contribution in [2.24, 2.45) is 0 Å². The molecule has 33 heavy (non-hydrogen) atoms. The third kappa shape index (κ3) is 4.67. The van der Waals surface area contributed by atoms with Gasteiger partial charge in [-0.05, 0) is 50.1 Å². The van der Waals surface area contributed by atoms with Gasteiger partial charge in [0.2, 0.25) is 11.8 Å². The number of morpholine rings is 1. The molecule has 7 nitrogen and oxygen atoms in total. The predicted octanol–water partition coefficient (Wildman–Crippen LogP) is 4.98. The van der Waals surface area contributed by atoms with Gasteiger partial charge in [-0.15, -0.1) is 10.2 Å². The van der Waals surface area contributed by atoms with E-state index in [2.05, 4.69) is 82.9 Å². The maximum absolute atomic E-state index is 5.80. The number of nitrogens with zero attached hydrogens (tertiary/aromatic N) is 5. The van der Waals surface area contributed by atoms with E-state index >= 15 is 0 Å². The summed E-state index contributed by atoms with van der Waals surface area (Å²) in [4.78, 5) is 6.96. The van der Waals surface area contributed by atoms with Gasteiger partial charge < -0.3 is 14.1 Å². The fourth-order valence-electron chi connectivity index (χ4n) is 4.01. The van der Waals surface area contributed by atoms with Crippen LogP contribution in [0.25, 0.3) is 17.1 Å². The van der Waals surface area contributed by atoms with E-state index in [4.69, 9.17) is 14.1 Å². The zero-order chi connectivity index (χ0) is 22.8. The fourth-order valence-corrected chi connectivity index (χ4v) is 4.83. The Kier molecular flexibility index (Phi) is 6.20. The van der Waals surface area contributed by atoms with Crippen LogP contribution in [0.15, 0.2) is 58.3 Å². The largest absolute Gasteiger partial charge is 0.444 e. The molecule has 4 aromatic rings. The van der Waals surface area contributed by atoms with Crippen LogP contribution in [0.4, 0.5) is 5.95 Å². The molecule has 1 aliphatic heterocycles. The van der Waals surface area contributed by atoms with Gasteiger partial charge in [-0.25, -0.2) is 4.98 Å². The number of benzene rings is 2. The molecule has 0 aliphatic carbocycles. The van der Waals surface area contributed by atoms with Crippen molar-refractivity contribution in [1.82, 2.24) is 19.7 Å². The molecule has 1 aliphatic rings. The summed E-state index contributed by atoms with van der Waals surface area (Å²) in [7, 11) is 0. The molecule has 0 bridgehead atoms. The summed E-state index contributed by atoms with van der Waals surface area (Å²) < 4.78 is 13.5. The van der Waals surface area contributed by atoms with Crippen LogP contribution in [0.3, 0.4) is 0 Å². The Morgan fingerprint density at radius 2 is 1.79 bits per heavy atom. The number of aryl methyl sites for hydroxylation is 3. The summed E-state index contributed by atoms with van der Waals surface area (Å²) in [5.41, 5.74) is 6.53. The highest BCUT2D eigenvalue weighted by atomic mass is 32.2. The van der Waals surface area contributed by atoms with E-state index in [9.17, 15) is 0 Å². The van der Waals surface area contributed by atoms with Crippen molar-refractivity contribution in [3.8, 4) is 17.1 Å². The van der Waals surface area contributed by atoms with Crippen molar-refractivity contribution in [2.45, 2.75) is 31.7 Å². The molecular formula is C25H27N5O2S. The van der Waals surface area contributed by atoms with Crippen LogP contribution in [-0.2, 0) is 10.5 Å². The van der Waals surface area contributed by atoms with E-state index in [0.717, 1.165) is 46.7 Å². The van der Waals surface area contributed by atoms with Crippen LogP contribution in [0.5, 0.6) is 0 Å². The molecule has 0 saturated carbocycles. The van der Waals surface area contributed by atoms with Gasteiger partial charge in [0, 0.05) is 24.4 Å². The summed E-state index contributed by atoms with van der Waals surface area (Å²) >= 11 is 1.61. The van der Waals surface area contributed by atoms with Gasteiger partial charge in [-0.3, -0.25) is 4.57 Å². The first-order valence-electron chi connectivity index (χ1n) is 11.1. The number of anilines is 1. The smallest absolute Gasteiger partial charge is 0.232 e. The maximum atomic E-state index is 5.80. The SMILES string of the molecule is Cc1cccc(-n2c(SCc3coc(-c4ccc(C)cc4C)n3)nnc2N2CCOCC2)c1. The van der Waals surface area contributed by atoms with Gasteiger partial charge in [0.1, 0.15) is 6.26 Å². The quantitative estimate of drug-likeness (QED) is 0.375. The molecule has 1 fully saturated rings. The summed E-state index contributed by atoms with van der Waals surface area (Å²) in [5, 5.41) is 9.92. The normalized spacial score (nSPS) is 14.1. The highest BCUT2D eigenvalue weighted by molar-refractivity contribution is 7.98. The highest BCUT2D eigenvalue weighted by Crippen LogP contribution is 2.31. The number of thioether (sulfide) groups is 1. The summed E-state index contributed by atoms with van der Waals surface area (Å²) in [6.07, 6.45) is 1.73. The lowest BCUT2D eigenvalue weighted by Gasteiger charge is -2.28. The van der Waals surface area contributed by atoms with E-state index < -0.39 is 0 Å². The van der Waals surface area contributed by atoms with Crippen molar-refractivity contribution in [2.75, 3.05) is 31.2 Å². The molecule has 5 rings (SSSR count). The standard InChI is InChI=1S/C25H27N5O2S/c1-17-5-4-6-21(14-17)30-24(29-9-11-31-12-10-29)27-28-25(30)33-16-20-15-32-23(26-20)22-8-7-18(2)13-19(22)3/h4-8,13-15H,9-12,16H2,1-3H3. The molecule has 0 unspecified atom stereocenters. The molecule has 170 valence electrons. The molecular weight excluding hydrogens is 434 g/mol. The molecule has 8 heteroatoms. The van der Waals surface area contributed by atoms with Crippen LogP contribution in [0.1, 0.15) is 22.4 Å². The lowest BCUT2D eigenvalue weighted by Crippen LogP contribution is -2.37. The van der Waals surface area contributed by atoms with Gasteiger partial charge in [0.15, 0.2) is 5.16 Å². The lowest BCUT2D eigenvalue weighted by molar-refractivity contribution is 0.122. The molecule has 2 aromatic heterocycles. The summed E-state index contributed by atoms with van der Waals surface area (Å²) in [6.45, 7) is 9.27. The minimum absolute atomic E-state index is 0.640. The number of oxazole rings is 1. The van der Waals surface area contributed by atoms with Gasteiger partial charge >= 0.3 is 0 Å². The van der Waals surface area contributed by atoms with Crippen molar-refractivity contribution >= 4 is 17.7 Å². The monoisotopic (exact) mass is 461 g/mol. The van der Waals surface area contributed by atoms with Crippen molar-refractivity contribution in [1.29, 1.82) is 0 Å². The first-order chi connectivity index (χ1) is 16.1. The molecule has 2 aromatic carbocycles. The van der Waals surface area contributed by atoms with Crippen LogP contribution < -0.4 is 4.90 Å². The van der Waals surface area contributed by atoms with Gasteiger partial charge in [-0.2, -0.15) is 0 Å². The van der Waals surface area contributed by atoms with Crippen LogP contribution in [0.2, 0.25) is 0 Å². The molecule has 0 radical (unpaired) electrons. The van der Waals surface area contributed by atoms with E-state index in [0.29, 0.717) is 24.9 Å². The fraction of sp³-hybridized carbons (Fsp3) is 0.320. The second kappa shape index (κ2) is 9.41. The number of hydrogen-bond acceptors (Lipinski definition) is 7. The Morgan fingerprint density at radius 3 is 2.58 bits per heavy atom. The third-order valence-corrected chi connectivity index (χ3v) is 6.65. The Hall–Kier alpha value is -3.10. The van der Waals surface area contributed by atoms with Crippen molar-refractivity contribution < 1.29 is 9.15 Å². The predicted molar refractivity (Wildman–Crippen MR) is 130 cm³/mol. The molecule has 0 N–H and O–H groups in total. The van der Waals surface area contributed by atoms with E-state index in [1.807, 2.05) is 0 Å².